The monoisotopic (exact) mass is 237 g/mol. The summed E-state index contributed by atoms with van der Waals surface area (Å²) >= 11 is 0. The molecule has 0 aromatic heterocycles. The molecule has 0 aliphatic heterocycles. The summed E-state index contributed by atoms with van der Waals surface area (Å²) in [5.41, 5.74) is 0.267. The number of halogens is 1. The molecular weight excluding hydrogens is 217 g/mol. The predicted molar refractivity (Wildman–Crippen MR) is 66.2 cm³/mol. The van der Waals surface area contributed by atoms with E-state index in [1.54, 1.807) is 6.07 Å². The van der Waals surface area contributed by atoms with Gasteiger partial charge in [0.25, 0.3) is 0 Å². The van der Waals surface area contributed by atoms with Crippen LogP contribution in [0.15, 0.2) is 24.3 Å². The molecule has 0 spiro atoms. The Labute approximate surface area is 102 Å². The number of hydrogen-bond acceptors (Lipinski definition) is 2. The van der Waals surface area contributed by atoms with Crippen molar-refractivity contribution in [1.82, 2.24) is 5.32 Å². The number of benzene rings is 1. The Balaban J connectivity index is 2.17. The zero-order chi connectivity index (χ0) is 12.3. The molecule has 1 aliphatic carbocycles. The highest BCUT2D eigenvalue weighted by Crippen LogP contribution is 2.26. The molecule has 0 saturated heterocycles. The van der Waals surface area contributed by atoms with Gasteiger partial charge in [0.2, 0.25) is 0 Å². The van der Waals surface area contributed by atoms with Crippen LogP contribution in [0.3, 0.4) is 0 Å². The molecule has 0 heterocycles. The van der Waals surface area contributed by atoms with Crippen LogP contribution in [0.1, 0.15) is 38.2 Å². The first-order chi connectivity index (χ1) is 8.14. The van der Waals surface area contributed by atoms with Crippen LogP contribution in [-0.2, 0) is 5.54 Å². The smallest absolute Gasteiger partial charge is 0.123 e. The molecule has 17 heavy (non-hydrogen) atoms. The van der Waals surface area contributed by atoms with E-state index in [2.05, 4.69) is 5.32 Å². The zero-order valence-electron chi connectivity index (χ0n) is 10.2. The fraction of sp³-hybridized carbons (Fsp3) is 0.571. The van der Waals surface area contributed by atoms with E-state index in [9.17, 15) is 9.50 Å². The molecular formula is C14H20FNO. The van der Waals surface area contributed by atoms with E-state index < -0.39 is 5.54 Å². The maximum Gasteiger partial charge on any atom is 0.123 e. The van der Waals surface area contributed by atoms with Crippen molar-refractivity contribution in [1.29, 1.82) is 0 Å². The first kappa shape index (κ1) is 12.5. The third kappa shape index (κ3) is 2.85. The fourth-order valence-electron chi connectivity index (χ4n) is 2.57. The van der Waals surface area contributed by atoms with Gasteiger partial charge in [0.15, 0.2) is 0 Å². The normalized spacial score (nSPS) is 20.4. The third-order valence-corrected chi connectivity index (χ3v) is 3.66. The molecule has 1 aromatic carbocycles. The van der Waals surface area contributed by atoms with Gasteiger partial charge in [-0.05, 0) is 37.5 Å². The SMILES string of the molecule is CC(CO)(NC1CCCC1)c1cccc(F)c1. The Morgan fingerprint density at radius 2 is 2.12 bits per heavy atom. The Bertz CT molecular complexity index is 376. The highest BCUT2D eigenvalue weighted by Gasteiger charge is 2.30. The summed E-state index contributed by atoms with van der Waals surface area (Å²) in [6.45, 7) is 1.91. The van der Waals surface area contributed by atoms with Gasteiger partial charge in [0, 0.05) is 6.04 Å². The van der Waals surface area contributed by atoms with Gasteiger partial charge < -0.3 is 10.4 Å². The highest BCUT2D eigenvalue weighted by molar-refractivity contribution is 5.25. The first-order valence-electron chi connectivity index (χ1n) is 6.29. The van der Waals surface area contributed by atoms with Crippen LogP contribution in [0.2, 0.25) is 0 Å². The number of nitrogens with one attached hydrogen (secondary N) is 1. The Morgan fingerprint density at radius 3 is 2.71 bits per heavy atom. The molecule has 2 rings (SSSR count). The minimum Gasteiger partial charge on any atom is -0.394 e. The van der Waals surface area contributed by atoms with Crippen LogP contribution in [0, 0.1) is 5.82 Å². The molecule has 1 unspecified atom stereocenters. The van der Waals surface area contributed by atoms with E-state index in [0.29, 0.717) is 6.04 Å². The quantitative estimate of drug-likeness (QED) is 0.843. The Hall–Kier alpha value is -0.930. The maximum atomic E-state index is 13.2. The standard InChI is InChI=1S/C14H20FNO/c1-14(10-17,16-13-7-2-3-8-13)11-5-4-6-12(15)9-11/h4-6,9,13,16-17H,2-3,7-8,10H2,1H3. The van der Waals surface area contributed by atoms with Crippen LogP contribution in [0.4, 0.5) is 4.39 Å². The molecule has 0 bridgehead atoms. The highest BCUT2D eigenvalue weighted by atomic mass is 19.1. The van der Waals surface area contributed by atoms with Gasteiger partial charge in [0.1, 0.15) is 5.82 Å². The molecule has 1 aromatic rings. The molecule has 1 fully saturated rings. The maximum absolute atomic E-state index is 13.2. The van der Waals surface area contributed by atoms with Crippen LogP contribution >= 0.6 is 0 Å². The average Bonchev–Trinajstić information content (AvgIpc) is 2.81. The van der Waals surface area contributed by atoms with Crippen LogP contribution in [0.5, 0.6) is 0 Å². The lowest BCUT2D eigenvalue weighted by Gasteiger charge is -2.32. The number of hydrogen-bond donors (Lipinski definition) is 2. The van der Waals surface area contributed by atoms with Crippen molar-refractivity contribution in [2.24, 2.45) is 0 Å². The van der Waals surface area contributed by atoms with Gasteiger partial charge in [-0.3, -0.25) is 0 Å². The molecule has 1 atom stereocenters. The third-order valence-electron chi connectivity index (χ3n) is 3.66. The van der Waals surface area contributed by atoms with Crippen LogP contribution in [-0.4, -0.2) is 17.8 Å². The summed E-state index contributed by atoms with van der Waals surface area (Å²) in [6.07, 6.45) is 4.76. The molecule has 2 N–H and O–H groups in total. The van der Waals surface area contributed by atoms with E-state index in [1.807, 2.05) is 13.0 Å². The molecule has 0 amide bonds. The second kappa shape index (κ2) is 5.15. The van der Waals surface area contributed by atoms with E-state index >= 15 is 0 Å². The summed E-state index contributed by atoms with van der Waals surface area (Å²) in [4.78, 5) is 0. The average molecular weight is 237 g/mol. The van der Waals surface area contributed by atoms with E-state index in [0.717, 1.165) is 18.4 Å². The van der Waals surface area contributed by atoms with E-state index in [1.165, 1.54) is 25.0 Å². The number of aliphatic hydroxyl groups is 1. The summed E-state index contributed by atoms with van der Waals surface area (Å²) in [5.74, 6) is -0.254. The van der Waals surface area contributed by atoms with Gasteiger partial charge in [-0.2, -0.15) is 0 Å². The molecule has 2 nitrogen and oxygen atoms in total. The zero-order valence-corrected chi connectivity index (χ0v) is 10.2. The minimum atomic E-state index is -0.545. The van der Waals surface area contributed by atoms with Gasteiger partial charge in [-0.15, -0.1) is 0 Å². The van der Waals surface area contributed by atoms with Crippen LogP contribution in [0.25, 0.3) is 0 Å². The topological polar surface area (TPSA) is 32.3 Å². The van der Waals surface area contributed by atoms with E-state index in [-0.39, 0.29) is 12.4 Å². The lowest BCUT2D eigenvalue weighted by atomic mass is 9.91. The summed E-state index contributed by atoms with van der Waals surface area (Å²) in [7, 11) is 0. The molecule has 0 radical (unpaired) electrons. The second-order valence-corrected chi connectivity index (χ2v) is 5.13. The molecule has 3 heteroatoms. The second-order valence-electron chi connectivity index (χ2n) is 5.13. The summed E-state index contributed by atoms with van der Waals surface area (Å²) in [6, 6.07) is 6.92. The largest absolute Gasteiger partial charge is 0.394 e. The molecule has 1 saturated carbocycles. The Morgan fingerprint density at radius 1 is 1.41 bits per heavy atom. The van der Waals surface area contributed by atoms with Crippen molar-refractivity contribution in [2.75, 3.05) is 6.61 Å². The number of rotatable bonds is 4. The fourth-order valence-corrected chi connectivity index (χ4v) is 2.57. The van der Waals surface area contributed by atoms with Gasteiger partial charge in [0.05, 0.1) is 12.1 Å². The van der Waals surface area contributed by atoms with Crippen molar-refractivity contribution >= 4 is 0 Å². The molecule has 1 aliphatic rings. The van der Waals surface area contributed by atoms with Crippen LogP contribution < -0.4 is 5.32 Å². The first-order valence-corrected chi connectivity index (χ1v) is 6.29. The van der Waals surface area contributed by atoms with Crippen molar-refractivity contribution < 1.29 is 9.50 Å². The van der Waals surface area contributed by atoms with Gasteiger partial charge >= 0.3 is 0 Å². The Kier molecular flexibility index (Phi) is 3.79. The van der Waals surface area contributed by atoms with Crippen molar-refractivity contribution in [3.63, 3.8) is 0 Å². The summed E-state index contributed by atoms with van der Waals surface area (Å²) in [5, 5.41) is 13.1. The van der Waals surface area contributed by atoms with Gasteiger partial charge in [-0.25, -0.2) is 4.39 Å². The summed E-state index contributed by atoms with van der Waals surface area (Å²) < 4.78 is 13.2. The number of aliphatic hydroxyl groups excluding tert-OH is 1. The van der Waals surface area contributed by atoms with Gasteiger partial charge in [-0.1, -0.05) is 25.0 Å². The van der Waals surface area contributed by atoms with E-state index in [4.69, 9.17) is 0 Å². The lowest BCUT2D eigenvalue weighted by Crippen LogP contribution is -2.47. The predicted octanol–water partition coefficient (Wildman–Crippen LogP) is 2.57. The van der Waals surface area contributed by atoms with Crippen molar-refractivity contribution in [2.45, 2.75) is 44.2 Å². The van der Waals surface area contributed by atoms with Crippen molar-refractivity contribution in [3.8, 4) is 0 Å². The molecule has 94 valence electrons. The lowest BCUT2D eigenvalue weighted by molar-refractivity contribution is 0.161. The van der Waals surface area contributed by atoms with Crippen molar-refractivity contribution in [3.05, 3.63) is 35.6 Å². The minimum absolute atomic E-state index is 0.0209.